The van der Waals surface area contributed by atoms with Crippen LogP contribution in [-0.4, -0.2) is 54.2 Å². The second-order valence-corrected chi connectivity index (χ2v) is 11.8. The van der Waals surface area contributed by atoms with Crippen molar-refractivity contribution in [3.8, 4) is 10.4 Å². The highest BCUT2D eigenvalue weighted by Gasteiger charge is 2.50. The van der Waals surface area contributed by atoms with Gasteiger partial charge < -0.3 is 4.90 Å². The molecule has 0 aliphatic carbocycles. The maximum Gasteiger partial charge on any atom is 0.272 e. The van der Waals surface area contributed by atoms with Gasteiger partial charge in [0.2, 0.25) is 5.91 Å². The molecule has 1 aliphatic heterocycles. The topological polar surface area (TPSA) is 117 Å². The Morgan fingerprint density at radius 2 is 1.86 bits per heavy atom. The molecular formula is C24H26ClN3O5S2. The number of aromatic nitrogens is 1. The van der Waals surface area contributed by atoms with Crippen LogP contribution in [0.15, 0.2) is 60.8 Å². The Morgan fingerprint density at radius 1 is 1.11 bits per heavy atom. The molecule has 1 fully saturated rings. The maximum absolute atomic E-state index is 13.7. The van der Waals surface area contributed by atoms with Gasteiger partial charge in [0, 0.05) is 29.0 Å². The molecule has 2 aromatic heterocycles. The zero-order valence-electron chi connectivity index (χ0n) is 19.0. The van der Waals surface area contributed by atoms with Crippen LogP contribution in [0.5, 0.6) is 0 Å². The minimum Gasteiger partial charge on any atom is -0.336 e. The summed E-state index contributed by atoms with van der Waals surface area (Å²) >= 11 is 1.31. The summed E-state index contributed by atoms with van der Waals surface area (Å²) in [5.74, 6) is -1.45. The van der Waals surface area contributed by atoms with E-state index in [0.717, 1.165) is 16.0 Å². The first-order chi connectivity index (χ1) is 16.3. The van der Waals surface area contributed by atoms with E-state index in [9.17, 15) is 23.2 Å². The van der Waals surface area contributed by atoms with Crippen LogP contribution in [0.3, 0.4) is 0 Å². The molecule has 8 nitrogen and oxygen atoms in total. The molecule has 1 aromatic carbocycles. The highest BCUT2D eigenvalue weighted by molar-refractivity contribution is 7.92. The molecule has 3 aromatic rings. The summed E-state index contributed by atoms with van der Waals surface area (Å²) in [7, 11) is -3.88. The van der Waals surface area contributed by atoms with Crippen LogP contribution in [0.4, 0.5) is 0 Å². The number of benzene rings is 1. The van der Waals surface area contributed by atoms with Gasteiger partial charge in [-0.05, 0) is 43.2 Å². The van der Waals surface area contributed by atoms with Crippen molar-refractivity contribution in [2.45, 2.75) is 24.5 Å². The molecule has 3 heterocycles. The molecule has 1 aliphatic rings. The van der Waals surface area contributed by atoms with Crippen molar-refractivity contribution in [2.24, 2.45) is 0 Å². The first-order valence-electron chi connectivity index (χ1n) is 10.8. The quantitative estimate of drug-likeness (QED) is 0.381. The molecule has 0 saturated carbocycles. The van der Waals surface area contributed by atoms with Crippen LogP contribution in [0.2, 0.25) is 0 Å². The number of hydroxylamine groups is 1. The van der Waals surface area contributed by atoms with Crippen molar-refractivity contribution in [1.29, 1.82) is 0 Å². The SMILES string of the molecule is Cc1ccc(-c2ccc(C3(CC(=O)NO)CCN(C(=O)c4ccccn4)CCS3(=O)=O)s2)cc1.Cl. The Balaban J connectivity index is 0.00000342. The molecule has 186 valence electrons. The molecule has 4 rings (SSSR count). The Morgan fingerprint density at radius 3 is 2.51 bits per heavy atom. The number of halogens is 1. The van der Waals surface area contributed by atoms with Gasteiger partial charge in [-0.1, -0.05) is 35.9 Å². The van der Waals surface area contributed by atoms with E-state index in [1.54, 1.807) is 29.7 Å². The smallest absolute Gasteiger partial charge is 0.272 e. The monoisotopic (exact) mass is 535 g/mol. The lowest BCUT2D eigenvalue weighted by Crippen LogP contribution is -2.41. The predicted molar refractivity (Wildman–Crippen MR) is 137 cm³/mol. The number of hydrogen-bond acceptors (Lipinski definition) is 7. The molecule has 1 atom stereocenters. The fourth-order valence-electron chi connectivity index (χ4n) is 4.18. The average Bonchev–Trinajstić information content (AvgIpc) is 3.29. The van der Waals surface area contributed by atoms with E-state index < -0.39 is 26.9 Å². The minimum atomic E-state index is -3.88. The summed E-state index contributed by atoms with van der Waals surface area (Å²) in [6.07, 6.45) is 1.09. The summed E-state index contributed by atoms with van der Waals surface area (Å²) in [4.78, 5) is 32.2. The summed E-state index contributed by atoms with van der Waals surface area (Å²) < 4.78 is 25.8. The van der Waals surface area contributed by atoms with E-state index in [1.807, 2.05) is 37.3 Å². The maximum atomic E-state index is 13.7. The van der Waals surface area contributed by atoms with Gasteiger partial charge in [-0.3, -0.25) is 19.8 Å². The third-order valence-electron chi connectivity index (χ3n) is 6.14. The number of hydrogen-bond donors (Lipinski definition) is 2. The normalized spacial score (nSPS) is 19.3. The van der Waals surface area contributed by atoms with Crippen molar-refractivity contribution in [1.82, 2.24) is 15.4 Å². The molecule has 1 saturated heterocycles. The lowest BCUT2D eigenvalue weighted by molar-refractivity contribution is -0.129. The number of nitrogens with one attached hydrogen (secondary N) is 1. The van der Waals surface area contributed by atoms with Gasteiger partial charge in [-0.25, -0.2) is 13.9 Å². The van der Waals surface area contributed by atoms with Crippen molar-refractivity contribution in [3.05, 3.63) is 76.9 Å². The third kappa shape index (κ3) is 5.40. The first-order valence-corrected chi connectivity index (χ1v) is 13.3. The Bertz CT molecular complexity index is 1300. The van der Waals surface area contributed by atoms with Gasteiger partial charge in [0.15, 0.2) is 9.84 Å². The third-order valence-corrected chi connectivity index (χ3v) is 10.1. The van der Waals surface area contributed by atoms with Crippen molar-refractivity contribution in [2.75, 3.05) is 18.8 Å². The van der Waals surface area contributed by atoms with E-state index in [0.29, 0.717) is 4.88 Å². The van der Waals surface area contributed by atoms with Crippen LogP contribution in [0, 0.1) is 6.92 Å². The van der Waals surface area contributed by atoms with E-state index >= 15 is 0 Å². The Hall–Kier alpha value is -2.79. The zero-order valence-corrected chi connectivity index (χ0v) is 21.5. The van der Waals surface area contributed by atoms with Gasteiger partial charge in [-0.2, -0.15) is 0 Å². The number of aryl methyl sites for hydroxylation is 1. The molecule has 35 heavy (non-hydrogen) atoms. The van der Waals surface area contributed by atoms with Crippen LogP contribution in [-0.2, 0) is 19.4 Å². The molecular weight excluding hydrogens is 510 g/mol. The number of carbonyl (C=O) groups excluding carboxylic acids is 2. The number of carbonyl (C=O) groups is 2. The Kier molecular flexibility index (Phi) is 8.32. The highest BCUT2D eigenvalue weighted by Crippen LogP contribution is 2.45. The fourth-order valence-corrected chi connectivity index (χ4v) is 7.79. The Labute approximate surface area is 214 Å². The lowest BCUT2D eigenvalue weighted by Gasteiger charge is -2.30. The average molecular weight is 536 g/mol. The van der Waals surface area contributed by atoms with Crippen molar-refractivity contribution in [3.63, 3.8) is 0 Å². The number of sulfone groups is 1. The molecule has 2 N–H and O–H groups in total. The van der Waals surface area contributed by atoms with Gasteiger partial charge in [0.1, 0.15) is 10.4 Å². The zero-order chi connectivity index (χ0) is 24.3. The first kappa shape index (κ1) is 26.8. The summed E-state index contributed by atoms with van der Waals surface area (Å²) in [5.41, 5.74) is 3.87. The molecule has 0 radical (unpaired) electrons. The van der Waals surface area contributed by atoms with Crippen molar-refractivity contribution < 1.29 is 23.2 Å². The summed E-state index contributed by atoms with van der Waals surface area (Å²) in [5, 5.41) is 9.20. The second-order valence-electron chi connectivity index (χ2n) is 8.31. The lowest BCUT2D eigenvalue weighted by atomic mass is 9.97. The van der Waals surface area contributed by atoms with E-state index in [4.69, 9.17) is 0 Å². The van der Waals surface area contributed by atoms with Gasteiger partial charge in [0.25, 0.3) is 5.91 Å². The number of pyridine rings is 1. The molecule has 11 heteroatoms. The van der Waals surface area contributed by atoms with E-state index in [1.165, 1.54) is 22.4 Å². The van der Waals surface area contributed by atoms with Crippen LogP contribution < -0.4 is 5.48 Å². The number of nitrogens with zero attached hydrogens (tertiary/aromatic N) is 2. The largest absolute Gasteiger partial charge is 0.336 e. The van der Waals surface area contributed by atoms with Gasteiger partial charge in [-0.15, -0.1) is 23.7 Å². The number of rotatable bonds is 5. The van der Waals surface area contributed by atoms with Crippen LogP contribution in [0.1, 0.15) is 33.8 Å². The van der Waals surface area contributed by atoms with Gasteiger partial charge in [0.05, 0.1) is 12.2 Å². The summed E-state index contributed by atoms with van der Waals surface area (Å²) in [6.45, 7) is 2.11. The molecule has 2 amide bonds. The molecule has 0 spiro atoms. The second kappa shape index (κ2) is 10.9. The summed E-state index contributed by atoms with van der Waals surface area (Å²) in [6, 6.07) is 16.5. The standard InChI is InChI=1S/C24H25N3O5S2.ClH/c1-17-5-7-18(8-6-17)20-9-10-21(33-20)24(16-22(28)26-30)11-13-27(14-15-34(24,31)32)23(29)19-4-2-3-12-25-19;/h2-10,12,30H,11,13-16H2,1H3,(H,26,28);1H. The van der Waals surface area contributed by atoms with E-state index in [2.05, 4.69) is 4.98 Å². The predicted octanol–water partition coefficient (Wildman–Crippen LogP) is 3.59. The number of thiophene rings is 1. The van der Waals surface area contributed by atoms with Crippen LogP contribution in [0.25, 0.3) is 10.4 Å². The van der Waals surface area contributed by atoms with Crippen LogP contribution >= 0.6 is 23.7 Å². The molecule has 1 unspecified atom stereocenters. The minimum absolute atomic E-state index is 0. The highest BCUT2D eigenvalue weighted by atomic mass is 35.5. The van der Waals surface area contributed by atoms with Gasteiger partial charge >= 0.3 is 0 Å². The molecule has 0 bridgehead atoms. The fraction of sp³-hybridized carbons (Fsp3) is 0.292. The number of amides is 2. The van der Waals surface area contributed by atoms with E-state index in [-0.39, 0.29) is 49.3 Å². The van der Waals surface area contributed by atoms with Crippen molar-refractivity contribution >= 4 is 45.4 Å².